The van der Waals surface area contributed by atoms with Crippen molar-refractivity contribution in [1.29, 1.82) is 10.8 Å². The van der Waals surface area contributed by atoms with Crippen molar-refractivity contribution in [2.24, 2.45) is 0 Å². The van der Waals surface area contributed by atoms with Gasteiger partial charge in [0.25, 0.3) is 5.91 Å². The van der Waals surface area contributed by atoms with Gasteiger partial charge in [-0.2, -0.15) is 0 Å². The maximum atomic E-state index is 12.9. The molecule has 0 unspecified atom stereocenters. The average molecular weight is 454 g/mol. The molecule has 0 atom stereocenters. The summed E-state index contributed by atoms with van der Waals surface area (Å²) in [6.07, 6.45) is 3.04. The predicted octanol–water partition coefficient (Wildman–Crippen LogP) is 4.02. The van der Waals surface area contributed by atoms with Crippen molar-refractivity contribution in [2.45, 2.75) is 33.7 Å². The molecule has 5 N–H and O–H groups in total. The van der Waals surface area contributed by atoms with E-state index in [0.29, 0.717) is 46.8 Å². The van der Waals surface area contributed by atoms with E-state index in [1.54, 1.807) is 19.1 Å². The van der Waals surface area contributed by atoms with E-state index in [1.807, 2.05) is 19.9 Å². The number of allylic oxidation sites excluding steroid dienone is 2. The Morgan fingerprint density at radius 2 is 1.90 bits per heavy atom. The molecule has 0 saturated carbocycles. The van der Waals surface area contributed by atoms with Crippen LogP contribution in [0.15, 0.2) is 40.9 Å². The number of carbonyl (C=O) groups is 1. The Morgan fingerprint density at radius 1 is 1.17 bits per heavy atom. The lowest BCUT2D eigenvalue weighted by atomic mass is 10.2. The van der Waals surface area contributed by atoms with Crippen LogP contribution in [0.25, 0.3) is 0 Å². The van der Waals surface area contributed by atoms with Crippen LogP contribution < -0.4 is 16.0 Å². The van der Waals surface area contributed by atoms with Crippen LogP contribution in [0.4, 0.5) is 0 Å². The van der Waals surface area contributed by atoms with Crippen LogP contribution in [0, 0.1) is 10.8 Å². The molecule has 0 saturated heterocycles. The fourth-order valence-electron chi connectivity index (χ4n) is 2.36. The summed E-state index contributed by atoms with van der Waals surface area (Å²) in [7, 11) is 0. The standard InChI is InChI=1S/C21H29Cl2N5O2/c1-4-14(2)20(27-13-16-5-6-17(22)18(23)11-16)28-21(29)19(15(3)12-25)26-8-10-30-9-7-24/h5-7,11-12,24-27H,4,8-10,13H2,1-3H3,(H,28,29)/b19-15-,20-14-,24-7?,25-12?. The van der Waals surface area contributed by atoms with Crippen molar-refractivity contribution in [3.8, 4) is 0 Å². The Kier molecular flexibility index (Phi) is 11.8. The monoisotopic (exact) mass is 453 g/mol. The highest BCUT2D eigenvalue weighted by atomic mass is 35.5. The van der Waals surface area contributed by atoms with Gasteiger partial charge in [0.2, 0.25) is 0 Å². The van der Waals surface area contributed by atoms with E-state index < -0.39 is 0 Å². The van der Waals surface area contributed by atoms with Crippen LogP contribution in [-0.4, -0.2) is 38.1 Å². The lowest BCUT2D eigenvalue weighted by molar-refractivity contribution is -0.117. The number of hydrogen-bond acceptors (Lipinski definition) is 6. The fraction of sp³-hybridized carbons (Fsp3) is 0.381. The molecule has 0 aliphatic rings. The van der Waals surface area contributed by atoms with Crippen molar-refractivity contribution < 1.29 is 9.53 Å². The lowest BCUT2D eigenvalue weighted by Crippen LogP contribution is -2.38. The minimum absolute atomic E-state index is 0.220. The number of carbonyl (C=O) groups excluding carboxylic acids is 1. The molecule has 0 heterocycles. The van der Waals surface area contributed by atoms with Crippen LogP contribution >= 0.6 is 23.2 Å². The number of amides is 1. The first-order valence-electron chi connectivity index (χ1n) is 9.54. The predicted molar refractivity (Wildman–Crippen MR) is 124 cm³/mol. The van der Waals surface area contributed by atoms with Gasteiger partial charge in [-0.3, -0.25) is 4.79 Å². The molecule has 1 rings (SSSR count). The van der Waals surface area contributed by atoms with Crippen molar-refractivity contribution in [2.75, 3.05) is 19.8 Å². The first-order chi connectivity index (χ1) is 14.3. The van der Waals surface area contributed by atoms with E-state index in [0.717, 1.165) is 30.0 Å². The Labute approximate surface area is 187 Å². The zero-order chi connectivity index (χ0) is 22.5. The molecule has 164 valence electrons. The number of benzene rings is 1. The zero-order valence-corrected chi connectivity index (χ0v) is 19.0. The van der Waals surface area contributed by atoms with Crippen molar-refractivity contribution in [3.63, 3.8) is 0 Å². The van der Waals surface area contributed by atoms with Gasteiger partial charge in [0.05, 0.1) is 23.3 Å². The smallest absolute Gasteiger partial charge is 0.273 e. The number of hydrogen-bond donors (Lipinski definition) is 5. The number of ether oxygens (including phenoxy) is 1. The highest BCUT2D eigenvalue weighted by Gasteiger charge is 2.15. The summed E-state index contributed by atoms with van der Waals surface area (Å²) < 4.78 is 5.21. The second-order valence-electron chi connectivity index (χ2n) is 6.47. The second-order valence-corrected chi connectivity index (χ2v) is 7.29. The molecular formula is C21H29Cl2N5O2. The van der Waals surface area contributed by atoms with Gasteiger partial charge in [-0.15, -0.1) is 0 Å². The van der Waals surface area contributed by atoms with Gasteiger partial charge in [-0.05, 0) is 49.1 Å². The van der Waals surface area contributed by atoms with Gasteiger partial charge >= 0.3 is 0 Å². The first kappa shape index (κ1) is 25.7. The van der Waals surface area contributed by atoms with Crippen LogP contribution in [0.1, 0.15) is 32.8 Å². The molecule has 0 radical (unpaired) electrons. The van der Waals surface area contributed by atoms with E-state index in [2.05, 4.69) is 16.0 Å². The average Bonchev–Trinajstić information content (AvgIpc) is 2.74. The summed E-state index contributed by atoms with van der Waals surface area (Å²) in [6, 6.07) is 5.37. The molecule has 1 aromatic carbocycles. The van der Waals surface area contributed by atoms with E-state index in [9.17, 15) is 4.79 Å². The van der Waals surface area contributed by atoms with Crippen LogP contribution in [-0.2, 0) is 16.1 Å². The molecule has 0 spiro atoms. The van der Waals surface area contributed by atoms with Crippen molar-refractivity contribution >= 4 is 41.5 Å². The SMILES string of the molecule is CC/C(C)=C(/NCc1ccc(Cl)c(Cl)c1)NC(=O)/C(NCCOCC=N)=C(\C)C=N. The highest BCUT2D eigenvalue weighted by Crippen LogP contribution is 2.22. The molecule has 0 bridgehead atoms. The Bertz CT molecular complexity index is 822. The summed E-state index contributed by atoms with van der Waals surface area (Å²) in [5, 5.41) is 24.6. The van der Waals surface area contributed by atoms with Crippen LogP contribution in [0.3, 0.4) is 0 Å². The van der Waals surface area contributed by atoms with Gasteiger partial charge in [-0.25, -0.2) is 0 Å². The zero-order valence-electron chi connectivity index (χ0n) is 17.5. The Hall–Kier alpha value is -2.35. The highest BCUT2D eigenvalue weighted by molar-refractivity contribution is 6.42. The minimum atomic E-state index is -0.354. The third-order valence-corrected chi connectivity index (χ3v) is 4.98. The molecule has 30 heavy (non-hydrogen) atoms. The van der Waals surface area contributed by atoms with E-state index in [4.69, 9.17) is 38.8 Å². The molecule has 0 fully saturated rings. The summed E-state index contributed by atoms with van der Waals surface area (Å²) in [4.78, 5) is 12.9. The molecule has 7 nitrogen and oxygen atoms in total. The molecule has 0 aliphatic heterocycles. The van der Waals surface area contributed by atoms with Gasteiger partial charge < -0.3 is 31.5 Å². The molecule has 9 heteroatoms. The van der Waals surface area contributed by atoms with Gasteiger partial charge in [0.15, 0.2) is 0 Å². The maximum absolute atomic E-state index is 12.9. The largest absolute Gasteiger partial charge is 0.378 e. The van der Waals surface area contributed by atoms with Crippen molar-refractivity contribution in [3.05, 3.63) is 56.5 Å². The molecular weight excluding hydrogens is 425 g/mol. The van der Waals surface area contributed by atoms with Gasteiger partial charge in [0, 0.05) is 25.5 Å². The molecule has 1 aromatic rings. The molecule has 1 amide bonds. The molecule has 0 aliphatic carbocycles. The summed E-state index contributed by atoms with van der Waals surface area (Å²) in [5.74, 6) is 0.248. The third-order valence-electron chi connectivity index (χ3n) is 4.24. The van der Waals surface area contributed by atoms with Crippen LogP contribution in [0.2, 0.25) is 10.0 Å². The van der Waals surface area contributed by atoms with Gasteiger partial charge in [0.1, 0.15) is 11.5 Å². The summed E-state index contributed by atoms with van der Waals surface area (Å²) in [5.41, 5.74) is 2.69. The second kappa shape index (κ2) is 13.8. The summed E-state index contributed by atoms with van der Waals surface area (Å²) in [6.45, 7) is 7.01. The van der Waals surface area contributed by atoms with Crippen LogP contribution in [0.5, 0.6) is 0 Å². The van der Waals surface area contributed by atoms with Crippen molar-refractivity contribution in [1.82, 2.24) is 16.0 Å². The van der Waals surface area contributed by atoms with Gasteiger partial charge in [-0.1, -0.05) is 36.2 Å². The number of nitrogens with one attached hydrogen (secondary N) is 5. The normalized spacial score (nSPS) is 12.4. The molecule has 0 aromatic heterocycles. The Morgan fingerprint density at radius 3 is 2.50 bits per heavy atom. The first-order valence-corrected chi connectivity index (χ1v) is 10.3. The Balaban J connectivity index is 2.88. The maximum Gasteiger partial charge on any atom is 0.273 e. The fourth-order valence-corrected chi connectivity index (χ4v) is 2.68. The third kappa shape index (κ3) is 8.57. The summed E-state index contributed by atoms with van der Waals surface area (Å²) >= 11 is 12.0. The van der Waals surface area contributed by atoms with E-state index >= 15 is 0 Å². The van der Waals surface area contributed by atoms with E-state index in [1.165, 1.54) is 0 Å². The number of halogens is 2. The number of rotatable bonds is 13. The van der Waals surface area contributed by atoms with E-state index in [-0.39, 0.29) is 12.5 Å². The minimum Gasteiger partial charge on any atom is -0.378 e. The topological polar surface area (TPSA) is 110 Å². The quantitative estimate of drug-likeness (QED) is 0.176. The lowest BCUT2D eigenvalue weighted by Gasteiger charge is -2.18.